The van der Waals surface area contributed by atoms with Crippen LogP contribution in [0, 0.1) is 5.92 Å². The molecule has 0 bridgehead atoms. The number of allylic oxidation sites excluding steroid dienone is 3. The van der Waals surface area contributed by atoms with Gasteiger partial charge in [-0.25, -0.2) is 4.99 Å². The summed E-state index contributed by atoms with van der Waals surface area (Å²) in [6.07, 6.45) is 11.4. The van der Waals surface area contributed by atoms with E-state index in [1.165, 1.54) is 0 Å². The molecule has 5 heteroatoms. The molecule has 0 aromatic heterocycles. The Morgan fingerprint density at radius 2 is 1.71 bits per heavy atom. The molecule has 2 aromatic carbocycles. The van der Waals surface area contributed by atoms with Crippen molar-refractivity contribution in [2.24, 2.45) is 15.9 Å². The SMILES string of the molecule is O=C1N=C(CN(CCc2ccccc2)C(=O)/C=C/c2ccccc2)N=C2C=CC=CC12. The van der Waals surface area contributed by atoms with Gasteiger partial charge >= 0.3 is 0 Å². The fourth-order valence-electron chi connectivity index (χ4n) is 3.47. The van der Waals surface area contributed by atoms with Crippen LogP contribution in [-0.2, 0) is 16.0 Å². The van der Waals surface area contributed by atoms with E-state index in [2.05, 4.69) is 9.98 Å². The summed E-state index contributed by atoms with van der Waals surface area (Å²) in [5.41, 5.74) is 2.76. The number of hydrogen-bond acceptors (Lipinski definition) is 3. The van der Waals surface area contributed by atoms with Gasteiger partial charge in [-0.2, -0.15) is 4.99 Å². The summed E-state index contributed by atoms with van der Waals surface area (Å²) >= 11 is 0. The third kappa shape index (κ3) is 5.39. The van der Waals surface area contributed by atoms with Gasteiger partial charge in [0.1, 0.15) is 5.92 Å². The van der Waals surface area contributed by atoms with E-state index < -0.39 is 5.92 Å². The number of hydrogen-bond donors (Lipinski definition) is 0. The summed E-state index contributed by atoms with van der Waals surface area (Å²) in [4.78, 5) is 35.8. The Hall–Kier alpha value is -3.86. The molecule has 0 N–H and O–H groups in total. The van der Waals surface area contributed by atoms with Crippen LogP contribution in [0.5, 0.6) is 0 Å². The van der Waals surface area contributed by atoms with Gasteiger partial charge in [0.2, 0.25) is 5.91 Å². The molecule has 0 spiro atoms. The first-order valence-electron chi connectivity index (χ1n) is 10.3. The summed E-state index contributed by atoms with van der Waals surface area (Å²) < 4.78 is 0. The molecular formula is C26H23N3O2. The van der Waals surface area contributed by atoms with Crippen molar-refractivity contribution in [1.82, 2.24) is 4.90 Å². The predicted molar refractivity (Wildman–Crippen MR) is 124 cm³/mol. The first-order chi connectivity index (χ1) is 15.2. The molecule has 0 radical (unpaired) electrons. The van der Waals surface area contributed by atoms with Crippen LogP contribution in [0.1, 0.15) is 11.1 Å². The van der Waals surface area contributed by atoms with E-state index in [0.717, 1.165) is 11.1 Å². The summed E-state index contributed by atoms with van der Waals surface area (Å²) in [6.45, 7) is 0.684. The first kappa shape index (κ1) is 20.4. The van der Waals surface area contributed by atoms with Crippen LogP contribution in [-0.4, -0.2) is 41.4 Å². The van der Waals surface area contributed by atoms with Crippen molar-refractivity contribution in [1.29, 1.82) is 0 Å². The topological polar surface area (TPSA) is 62.1 Å². The lowest BCUT2D eigenvalue weighted by atomic mass is 9.96. The highest BCUT2D eigenvalue weighted by Crippen LogP contribution is 2.17. The summed E-state index contributed by atoms with van der Waals surface area (Å²) in [7, 11) is 0. The smallest absolute Gasteiger partial charge is 0.260 e. The van der Waals surface area contributed by atoms with Gasteiger partial charge in [-0.1, -0.05) is 78.9 Å². The summed E-state index contributed by atoms with van der Waals surface area (Å²) in [6, 6.07) is 19.7. The maximum Gasteiger partial charge on any atom is 0.260 e. The average molecular weight is 409 g/mol. The minimum atomic E-state index is -0.416. The monoisotopic (exact) mass is 409 g/mol. The average Bonchev–Trinajstić information content (AvgIpc) is 2.81. The lowest BCUT2D eigenvalue weighted by molar-refractivity contribution is -0.125. The Kier molecular flexibility index (Phi) is 6.43. The first-order valence-corrected chi connectivity index (χ1v) is 10.3. The lowest BCUT2D eigenvalue weighted by Crippen LogP contribution is -2.38. The number of carbonyl (C=O) groups is 2. The van der Waals surface area contributed by atoms with Crippen LogP contribution < -0.4 is 0 Å². The van der Waals surface area contributed by atoms with Gasteiger partial charge in [-0.15, -0.1) is 0 Å². The highest BCUT2D eigenvalue weighted by atomic mass is 16.2. The van der Waals surface area contributed by atoms with E-state index in [4.69, 9.17) is 0 Å². The maximum absolute atomic E-state index is 13.0. The second-order valence-corrected chi connectivity index (χ2v) is 7.36. The van der Waals surface area contributed by atoms with Crippen LogP contribution >= 0.6 is 0 Å². The van der Waals surface area contributed by atoms with Crippen molar-refractivity contribution in [3.63, 3.8) is 0 Å². The van der Waals surface area contributed by atoms with Gasteiger partial charge in [-0.05, 0) is 29.7 Å². The molecule has 1 heterocycles. The molecule has 1 atom stereocenters. The molecule has 1 aliphatic carbocycles. The molecule has 5 nitrogen and oxygen atoms in total. The number of fused-ring (bicyclic) bond motifs is 1. The lowest BCUT2D eigenvalue weighted by Gasteiger charge is -2.24. The van der Waals surface area contributed by atoms with Crippen LogP contribution in [0.2, 0.25) is 0 Å². The van der Waals surface area contributed by atoms with E-state index in [1.807, 2.05) is 78.9 Å². The fraction of sp³-hybridized carbons (Fsp3) is 0.154. The second-order valence-electron chi connectivity index (χ2n) is 7.36. The molecule has 1 aliphatic heterocycles. The van der Waals surface area contributed by atoms with Crippen molar-refractivity contribution in [3.05, 3.63) is 102 Å². The molecule has 2 amide bonds. The number of amides is 2. The third-order valence-corrected chi connectivity index (χ3v) is 5.14. The Bertz CT molecular complexity index is 1100. The molecule has 2 aromatic rings. The second kappa shape index (κ2) is 9.76. The molecule has 2 aliphatic rings. The van der Waals surface area contributed by atoms with E-state index in [0.29, 0.717) is 24.5 Å². The van der Waals surface area contributed by atoms with E-state index >= 15 is 0 Å². The predicted octanol–water partition coefficient (Wildman–Crippen LogP) is 3.89. The van der Waals surface area contributed by atoms with Gasteiger partial charge in [-0.3, -0.25) is 9.59 Å². The Morgan fingerprint density at radius 3 is 2.48 bits per heavy atom. The normalized spacial score (nSPS) is 17.3. The number of nitrogens with zero attached hydrogens (tertiary/aromatic N) is 3. The largest absolute Gasteiger partial charge is 0.331 e. The quantitative estimate of drug-likeness (QED) is 0.652. The zero-order valence-electron chi connectivity index (χ0n) is 17.1. The number of rotatable bonds is 7. The van der Waals surface area contributed by atoms with Gasteiger partial charge in [0.05, 0.1) is 12.3 Å². The number of benzene rings is 2. The van der Waals surface area contributed by atoms with E-state index in [9.17, 15) is 9.59 Å². The van der Waals surface area contributed by atoms with Crippen LogP contribution in [0.25, 0.3) is 6.08 Å². The molecule has 154 valence electrons. The Morgan fingerprint density at radius 1 is 0.968 bits per heavy atom. The molecule has 0 saturated carbocycles. The molecular weight excluding hydrogens is 386 g/mol. The number of carbonyl (C=O) groups excluding carboxylic acids is 2. The molecule has 0 saturated heterocycles. The Balaban J connectivity index is 1.51. The third-order valence-electron chi connectivity index (χ3n) is 5.14. The maximum atomic E-state index is 13.0. The highest BCUT2D eigenvalue weighted by Gasteiger charge is 2.27. The highest BCUT2D eigenvalue weighted by molar-refractivity contribution is 6.21. The van der Waals surface area contributed by atoms with Crippen molar-refractivity contribution >= 4 is 29.4 Å². The van der Waals surface area contributed by atoms with Crippen molar-refractivity contribution < 1.29 is 9.59 Å². The van der Waals surface area contributed by atoms with Gasteiger partial charge in [0.25, 0.3) is 5.91 Å². The zero-order chi connectivity index (χ0) is 21.5. The zero-order valence-corrected chi connectivity index (χ0v) is 17.1. The van der Waals surface area contributed by atoms with E-state index in [1.54, 1.807) is 23.1 Å². The minimum absolute atomic E-state index is 0.142. The summed E-state index contributed by atoms with van der Waals surface area (Å²) in [5.74, 6) is -0.432. The van der Waals surface area contributed by atoms with Crippen molar-refractivity contribution in [2.75, 3.05) is 13.1 Å². The van der Waals surface area contributed by atoms with Crippen molar-refractivity contribution in [3.8, 4) is 0 Å². The van der Waals surface area contributed by atoms with Crippen molar-refractivity contribution in [2.45, 2.75) is 6.42 Å². The van der Waals surface area contributed by atoms with Gasteiger partial charge in [0, 0.05) is 12.6 Å². The molecule has 4 rings (SSSR count). The molecule has 0 fully saturated rings. The minimum Gasteiger partial charge on any atom is -0.331 e. The Labute approximate surface area is 181 Å². The molecule has 1 unspecified atom stereocenters. The standard InChI is InChI=1S/C26H23N3O2/c30-25(16-15-20-9-3-1-4-10-20)29(18-17-21-11-5-2-6-12-21)19-24-27-23-14-8-7-13-22(23)26(31)28-24/h1-16,22H,17-19H2/b16-15+. The van der Waals surface area contributed by atoms with Gasteiger partial charge in [0.15, 0.2) is 5.84 Å². The fourth-order valence-corrected chi connectivity index (χ4v) is 3.47. The van der Waals surface area contributed by atoms with Crippen LogP contribution in [0.4, 0.5) is 0 Å². The number of aliphatic imine (C=N–C) groups is 2. The summed E-state index contributed by atoms with van der Waals surface area (Å²) in [5, 5.41) is 0. The van der Waals surface area contributed by atoms with Gasteiger partial charge < -0.3 is 4.90 Å². The number of amidine groups is 1. The molecule has 31 heavy (non-hydrogen) atoms. The van der Waals surface area contributed by atoms with Crippen LogP contribution in [0.3, 0.4) is 0 Å². The van der Waals surface area contributed by atoms with Crippen LogP contribution in [0.15, 0.2) is 101 Å². The van der Waals surface area contributed by atoms with E-state index in [-0.39, 0.29) is 18.4 Å².